The molecule has 1 spiro atoms. The summed E-state index contributed by atoms with van der Waals surface area (Å²) in [5.74, 6) is 2.89. The number of fused-ring (bicyclic) bond motifs is 1. The molecule has 5 heterocycles. The summed E-state index contributed by atoms with van der Waals surface area (Å²) in [7, 11) is 1.60. The third-order valence-electron chi connectivity index (χ3n) is 7.99. The molecule has 198 valence electrons. The Labute approximate surface area is 225 Å². The Bertz CT molecular complexity index is 1560. The van der Waals surface area contributed by atoms with Crippen molar-refractivity contribution in [3.63, 3.8) is 0 Å². The molecule has 0 radical (unpaired) electrons. The zero-order valence-corrected chi connectivity index (χ0v) is 21.6. The fraction of sp³-hybridized carbons (Fsp3) is 0.379. The highest BCUT2D eigenvalue weighted by molar-refractivity contribution is 5.68. The number of aromatic nitrogens is 4. The van der Waals surface area contributed by atoms with Crippen molar-refractivity contribution in [2.45, 2.75) is 37.4 Å². The third kappa shape index (κ3) is 4.38. The molecule has 1 aliphatic heterocycles. The minimum atomic E-state index is -0.725. The van der Waals surface area contributed by atoms with E-state index in [1.807, 2.05) is 36.5 Å². The van der Waals surface area contributed by atoms with Crippen molar-refractivity contribution in [2.75, 3.05) is 31.7 Å². The molecule has 0 amide bonds. The maximum absolute atomic E-state index is 10.2. The van der Waals surface area contributed by atoms with Crippen molar-refractivity contribution < 1.29 is 19.3 Å². The van der Waals surface area contributed by atoms with Crippen molar-refractivity contribution in [1.82, 2.24) is 19.4 Å². The van der Waals surface area contributed by atoms with Gasteiger partial charge in [-0.05, 0) is 43.9 Å². The van der Waals surface area contributed by atoms with Crippen molar-refractivity contribution in [3.05, 3.63) is 60.7 Å². The molecule has 7 rings (SSSR count). The van der Waals surface area contributed by atoms with E-state index in [9.17, 15) is 10.4 Å². The Kier molecular flexibility index (Phi) is 5.39. The van der Waals surface area contributed by atoms with Gasteiger partial charge in [0.1, 0.15) is 47.4 Å². The van der Waals surface area contributed by atoms with Crippen molar-refractivity contribution in [3.8, 4) is 34.7 Å². The smallest absolute Gasteiger partial charge is 0.213 e. The van der Waals surface area contributed by atoms with Crippen LogP contribution < -0.4 is 19.1 Å². The van der Waals surface area contributed by atoms with Crippen LogP contribution >= 0.6 is 0 Å². The fourth-order valence-electron chi connectivity index (χ4n) is 5.62. The van der Waals surface area contributed by atoms with E-state index < -0.39 is 5.60 Å². The number of hydrogen-bond donors (Lipinski definition) is 1. The monoisotopic (exact) mass is 524 g/mol. The summed E-state index contributed by atoms with van der Waals surface area (Å²) < 4.78 is 18.9. The minimum Gasteiger partial charge on any atom is -0.490 e. The first-order valence-electron chi connectivity index (χ1n) is 13.1. The lowest BCUT2D eigenvalue weighted by molar-refractivity contribution is -0.0344. The first kappa shape index (κ1) is 23.7. The van der Waals surface area contributed by atoms with Crippen LogP contribution in [0.3, 0.4) is 0 Å². The number of imidazole rings is 1. The number of anilines is 1. The van der Waals surface area contributed by atoms with Gasteiger partial charge in [-0.25, -0.2) is 15.0 Å². The van der Waals surface area contributed by atoms with Gasteiger partial charge in [-0.3, -0.25) is 4.40 Å². The molecule has 0 bridgehead atoms. The van der Waals surface area contributed by atoms with Crippen LogP contribution in [0.1, 0.15) is 31.4 Å². The molecule has 3 fully saturated rings. The molecular weight excluding hydrogens is 496 g/mol. The van der Waals surface area contributed by atoms with Gasteiger partial charge < -0.3 is 24.2 Å². The van der Waals surface area contributed by atoms with E-state index in [-0.39, 0.29) is 18.1 Å². The molecular formula is C29H28N6O4. The molecule has 1 N–H and O–H groups in total. The Hall–Kier alpha value is -4.36. The lowest BCUT2D eigenvalue weighted by Crippen LogP contribution is -2.65. The van der Waals surface area contributed by atoms with Gasteiger partial charge in [0.15, 0.2) is 0 Å². The number of pyridine rings is 3. The van der Waals surface area contributed by atoms with Gasteiger partial charge in [-0.15, -0.1) is 0 Å². The van der Waals surface area contributed by atoms with Crippen molar-refractivity contribution in [1.29, 1.82) is 5.26 Å². The van der Waals surface area contributed by atoms with Gasteiger partial charge in [0.25, 0.3) is 0 Å². The molecule has 10 heteroatoms. The number of nitrogens with zero attached hydrogens (tertiary/aromatic N) is 6. The van der Waals surface area contributed by atoms with E-state index in [4.69, 9.17) is 19.2 Å². The Balaban J connectivity index is 1.02. The van der Waals surface area contributed by atoms with Gasteiger partial charge in [0.05, 0.1) is 30.8 Å². The molecule has 39 heavy (non-hydrogen) atoms. The lowest BCUT2D eigenvalue weighted by Gasteiger charge is -2.58. The van der Waals surface area contributed by atoms with Crippen LogP contribution in [0, 0.1) is 16.7 Å². The van der Waals surface area contributed by atoms with Crippen LogP contribution in [0.4, 0.5) is 5.82 Å². The molecule has 4 aromatic rings. The van der Waals surface area contributed by atoms with Gasteiger partial charge in [-0.1, -0.05) is 0 Å². The average Bonchev–Trinajstić information content (AvgIpc) is 3.51. The molecule has 3 aliphatic rings. The Morgan fingerprint density at radius 2 is 1.87 bits per heavy atom. The van der Waals surface area contributed by atoms with Gasteiger partial charge in [0, 0.05) is 48.5 Å². The summed E-state index contributed by atoms with van der Waals surface area (Å²) in [6.07, 6.45) is 8.84. The molecule has 2 aliphatic carbocycles. The van der Waals surface area contributed by atoms with Crippen molar-refractivity contribution in [2.24, 2.45) is 5.41 Å². The second-order valence-corrected chi connectivity index (χ2v) is 11.0. The zero-order chi connectivity index (χ0) is 26.6. The molecule has 10 nitrogen and oxygen atoms in total. The third-order valence-corrected chi connectivity index (χ3v) is 7.99. The summed E-state index contributed by atoms with van der Waals surface area (Å²) >= 11 is 0. The maximum atomic E-state index is 10.2. The van der Waals surface area contributed by atoms with Gasteiger partial charge in [0.2, 0.25) is 5.88 Å². The number of ether oxygens (including phenoxy) is 3. The van der Waals surface area contributed by atoms with Crippen LogP contribution in [0.2, 0.25) is 0 Å². The normalized spacial score (nSPS) is 18.7. The van der Waals surface area contributed by atoms with Crippen LogP contribution in [-0.2, 0) is 0 Å². The largest absolute Gasteiger partial charge is 0.490 e. The first-order chi connectivity index (χ1) is 18.9. The van der Waals surface area contributed by atoms with Crippen LogP contribution in [0.5, 0.6) is 17.4 Å². The highest BCUT2D eigenvalue weighted by atomic mass is 16.5. The van der Waals surface area contributed by atoms with Gasteiger partial charge >= 0.3 is 0 Å². The summed E-state index contributed by atoms with van der Waals surface area (Å²) in [6.45, 7) is 2.15. The minimum absolute atomic E-state index is 0.208. The second kappa shape index (κ2) is 8.85. The average molecular weight is 525 g/mol. The lowest BCUT2D eigenvalue weighted by atomic mass is 9.61. The number of methoxy groups -OCH3 is 1. The Morgan fingerprint density at radius 3 is 2.54 bits per heavy atom. The second-order valence-electron chi connectivity index (χ2n) is 11.0. The zero-order valence-electron chi connectivity index (χ0n) is 21.6. The molecule has 4 aromatic heterocycles. The molecule has 0 atom stereocenters. The molecule has 1 saturated heterocycles. The van der Waals surface area contributed by atoms with Gasteiger partial charge in [-0.2, -0.15) is 5.26 Å². The number of hydrogen-bond acceptors (Lipinski definition) is 9. The highest BCUT2D eigenvalue weighted by Gasteiger charge is 2.53. The van der Waals surface area contributed by atoms with Crippen molar-refractivity contribution >= 4 is 11.5 Å². The molecule has 2 saturated carbocycles. The SMILES string of the molecule is COc1ccc(OC2CC3(C2)CN(c2ccc(-c4cc(OCC5(O)CC5)cc5ncc(C#N)n45)cn2)C3)cn1. The summed E-state index contributed by atoms with van der Waals surface area (Å²) in [5, 5.41) is 19.8. The fourth-order valence-corrected chi connectivity index (χ4v) is 5.62. The van der Waals surface area contributed by atoms with E-state index in [1.54, 1.807) is 30.0 Å². The van der Waals surface area contributed by atoms with E-state index in [0.717, 1.165) is 61.6 Å². The quantitative estimate of drug-likeness (QED) is 0.369. The predicted molar refractivity (Wildman–Crippen MR) is 142 cm³/mol. The summed E-state index contributed by atoms with van der Waals surface area (Å²) in [4.78, 5) is 15.6. The Morgan fingerprint density at radius 1 is 1.03 bits per heavy atom. The van der Waals surface area contributed by atoms with E-state index in [2.05, 4.69) is 20.9 Å². The van der Waals surface area contributed by atoms with E-state index in [0.29, 0.717) is 23.0 Å². The molecule has 0 aromatic carbocycles. The van der Waals surface area contributed by atoms with Crippen LogP contribution in [0.15, 0.2) is 55.0 Å². The van der Waals surface area contributed by atoms with Crippen LogP contribution in [-0.4, -0.2) is 63.0 Å². The number of aliphatic hydroxyl groups is 1. The summed E-state index contributed by atoms with van der Waals surface area (Å²) in [5.41, 5.74) is 2.24. The van der Waals surface area contributed by atoms with E-state index in [1.165, 1.54) is 0 Å². The first-order valence-corrected chi connectivity index (χ1v) is 13.1. The summed E-state index contributed by atoms with van der Waals surface area (Å²) in [6, 6.07) is 13.6. The predicted octanol–water partition coefficient (Wildman–Crippen LogP) is 3.62. The number of rotatable bonds is 8. The van der Waals surface area contributed by atoms with Crippen LogP contribution in [0.25, 0.3) is 16.9 Å². The standard InChI is InChI=1S/C29H28N6O4/c1-37-27-5-3-21(15-33-27)39-23-10-28(11-23)16-34(17-28)25-4-2-19(13-31-25)24-8-22(38-18-29(36)6-7-29)9-26-32-14-20(12-30)35(24)26/h2-5,8-9,13-15,23,36H,6-7,10-11,16-18H2,1H3. The maximum Gasteiger partial charge on any atom is 0.213 e. The molecule has 0 unspecified atom stereocenters. The van der Waals surface area contributed by atoms with E-state index >= 15 is 0 Å². The highest BCUT2D eigenvalue weighted by Crippen LogP contribution is 2.50. The number of nitriles is 1. The topological polar surface area (TPSA) is 118 Å².